The van der Waals surface area contributed by atoms with Gasteiger partial charge in [-0.3, -0.25) is 9.80 Å². The lowest BCUT2D eigenvalue weighted by molar-refractivity contribution is 0.0850. The van der Waals surface area contributed by atoms with E-state index in [1.807, 2.05) is 0 Å². The van der Waals surface area contributed by atoms with Crippen LogP contribution >= 0.6 is 0 Å². The number of rotatable bonds is 0. The fourth-order valence-electron chi connectivity index (χ4n) is 2.46. The minimum atomic E-state index is 0.918. The van der Waals surface area contributed by atoms with Crippen molar-refractivity contribution in [1.29, 1.82) is 0 Å². The van der Waals surface area contributed by atoms with Crippen LogP contribution < -0.4 is 0 Å². The SMILES string of the molecule is CC1CC2CCN(C)CN2C1. The van der Waals surface area contributed by atoms with Crippen LogP contribution in [0.5, 0.6) is 0 Å². The van der Waals surface area contributed by atoms with E-state index in [4.69, 9.17) is 0 Å². The van der Waals surface area contributed by atoms with Crippen molar-refractivity contribution in [2.75, 3.05) is 26.8 Å². The molecular weight excluding hydrogens is 136 g/mol. The lowest BCUT2D eigenvalue weighted by atomic mass is 10.1. The maximum atomic E-state index is 2.63. The molecule has 11 heavy (non-hydrogen) atoms. The summed E-state index contributed by atoms with van der Waals surface area (Å²) in [5.41, 5.74) is 0. The summed E-state index contributed by atoms with van der Waals surface area (Å²) in [5.74, 6) is 0.937. The maximum Gasteiger partial charge on any atom is 0.0506 e. The summed E-state index contributed by atoms with van der Waals surface area (Å²) in [7, 11) is 2.22. The molecule has 0 aromatic heterocycles. The number of nitrogens with zero attached hydrogens (tertiary/aromatic N) is 2. The zero-order chi connectivity index (χ0) is 7.84. The molecule has 2 heterocycles. The van der Waals surface area contributed by atoms with Gasteiger partial charge in [-0.25, -0.2) is 0 Å². The number of fused-ring (bicyclic) bond motifs is 1. The molecule has 2 aliphatic heterocycles. The van der Waals surface area contributed by atoms with Gasteiger partial charge in [0.25, 0.3) is 0 Å². The standard InChI is InChI=1S/C9H18N2/c1-8-5-9-3-4-10(2)7-11(9)6-8/h8-9H,3-7H2,1-2H3. The summed E-state index contributed by atoms with van der Waals surface area (Å²) >= 11 is 0. The molecule has 2 nitrogen and oxygen atoms in total. The third kappa shape index (κ3) is 1.42. The van der Waals surface area contributed by atoms with Crippen molar-refractivity contribution in [3.63, 3.8) is 0 Å². The van der Waals surface area contributed by atoms with Gasteiger partial charge in [-0.1, -0.05) is 6.92 Å². The van der Waals surface area contributed by atoms with Gasteiger partial charge in [0, 0.05) is 19.1 Å². The Hall–Kier alpha value is -0.0800. The predicted molar refractivity (Wildman–Crippen MR) is 46.4 cm³/mol. The highest BCUT2D eigenvalue weighted by Gasteiger charge is 2.32. The molecule has 2 rings (SSSR count). The molecule has 0 N–H and O–H groups in total. The first-order valence-electron chi connectivity index (χ1n) is 4.68. The van der Waals surface area contributed by atoms with E-state index in [9.17, 15) is 0 Å². The second kappa shape index (κ2) is 2.76. The lowest BCUT2D eigenvalue weighted by Gasteiger charge is -2.35. The summed E-state index contributed by atoms with van der Waals surface area (Å²) in [6.45, 7) is 6.20. The Morgan fingerprint density at radius 3 is 3.00 bits per heavy atom. The molecule has 0 saturated carbocycles. The second-order valence-corrected chi connectivity index (χ2v) is 4.28. The van der Waals surface area contributed by atoms with Crippen LogP contribution in [0.2, 0.25) is 0 Å². The molecular formula is C9H18N2. The van der Waals surface area contributed by atoms with Crippen LogP contribution in [0.3, 0.4) is 0 Å². The van der Waals surface area contributed by atoms with Crippen molar-refractivity contribution in [1.82, 2.24) is 9.80 Å². The van der Waals surface area contributed by atoms with Crippen LogP contribution in [0.4, 0.5) is 0 Å². The summed E-state index contributed by atoms with van der Waals surface area (Å²) in [6, 6.07) is 0.918. The van der Waals surface area contributed by atoms with E-state index in [1.54, 1.807) is 0 Å². The van der Waals surface area contributed by atoms with Crippen molar-refractivity contribution in [2.24, 2.45) is 5.92 Å². The Kier molecular flexibility index (Phi) is 1.90. The van der Waals surface area contributed by atoms with Crippen molar-refractivity contribution in [2.45, 2.75) is 25.8 Å². The van der Waals surface area contributed by atoms with Crippen molar-refractivity contribution in [3.05, 3.63) is 0 Å². The van der Waals surface area contributed by atoms with Crippen molar-refractivity contribution < 1.29 is 0 Å². The fourth-order valence-corrected chi connectivity index (χ4v) is 2.46. The van der Waals surface area contributed by atoms with Crippen LogP contribution in [-0.2, 0) is 0 Å². The molecule has 0 amide bonds. The van der Waals surface area contributed by atoms with Gasteiger partial charge >= 0.3 is 0 Å². The van der Waals surface area contributed by atoms with E-state index in [-0.39, 0.29) is 0 Å². The molecule has 2 heteroatoms. The van der Waals surface area contributed by atoms with Crippen LogP contribution in [0.1, 0.15) is 19.8 Å². The van der Waals surface area contributed by atoms with Gasteiger partial charge in [0.1, 0.15) is 0 Å². The molecule has 0 spiro atoms. The third-order valence-electron chi connectivity index (χ3n) is 3.00. The molecule has 2 unspecified atom stereocenters. The Morgan fingerprint density at radius 2 is 2.18 bits per heavy atom. The average molecular weight is 154 g/mol. The fraction of sp³-hybridized carbons (Fsp3) is 1.00. The zero-order valence-electron chi connectivity index (χ0n) is 7.58. The summed E-state index contributed by atoms with van der Waals surface area (Å²) in [6.07, 6.45) is 2.83. The van der Waals surface area contributed by atoms with E-state index in [0.29, 0.717) is 0 Å². The first-order valence-corrected chi connectivity index (χ1v) is 4.68. The van der Waals surface area contributed by atoms with Gasteiger partial charge in [-0.2, -0.15) is 0 Å². The summed E-state index contributed by atoms with van der Waals surface area (Å²) < 4.78 is 0. The van der Waals surface area contributed by atoms with Crippen LogP contribution in [0, 0.1) is 5.92 Å². The average Bonchev–Trinajstić information content (AvgIpc) is 2.27. The molecule has 0 radical (unpaired) electrons. The molecule has 2 fully saturated rings. The van der Waals surface area contributed by atoms with Gasteiger partial charge in [-0.15, -0.1) is 0 Å². The minimum Gasteiger partial charge on any atom is -0.293 e. The lowest BCUT2D eigenvalue weighted by Crippen LogP contribution is -2.45. The molecule has 0 aliphatic carbocycles. The van der Waals surface area contributed by atoms with E-state index < -0.39 is 0 Å². The highest BCUT2D eigenvalue weighted by atomic mass is 15.3. The van der Waals surface area contributed by atoms with Gasteiger partial charge in [-0.05, 0) is 25.8 Å². The summed E-state index contributed by atoms with van der Waals surface area (Å²) in [5, 5.41) is 0. The smallest absolute Gasteiger partial charge is 0.0506 e. The molecule has 0 aromatic carbocycles. The number of hydrogen-bond acceptors (Lipinski definition) is 2. The maximum absolute atomic E-state index is 2.63. The predicted octanol–water partition coefficient (Wildman–Crippen LogP) is 0.990. The Labute approximate surface area is 69.2 Å². The van der Waals surface area contributed by atoms with Gasteiger partial charge in [0.15, 0.2) is 0 Å². The van der Waals surface area contributed by atoms with E-state index >= 15 is 0 Å². The zero-order valence-corrected chi connectivity index (χ0v) is 7.58. The second-order valence-electron chi connectivity index (χ2n) is 4.28. The highest BCUT2D eigenvalue weighted by molar-refractivity contribution is 4.86. The molecule has 0 aromatic rings. The first-order chi connectivity index (χ1) is 5.25. The summed E-state index contributed by atoms with van der Waals surface area (Å²) in [4.78, 5) is 5.06. The molecule has 64 valence electrons. The largest absolute Gasteiger partial charge is 0.293 e. The number of hydrogen-bond donors (Lipinski definition) is 0. The van der Waals surface area contributed by atoms with Crippen molar-refractivity contribution in [3.8, 4) is 0 Å². The highest BCUT2D eigenvalue weighted by Crippen LogP contribution is 2.27. The Morgan fingerprint density at radius 1 is 1.36 bits per heavy atom. The molecule has 2 aliphatic rings. The Balaban J connectivity index is 1.97. The molecule has 2 atom stereocenters. The van der Waals surface area contributed by atoms with Crippen LogP contribution in [0.25, 0.3) is 0 Å². The van der Waals surface area contributed by atoms with Crippen LogP contribution in [0.15, 0.2) is 0 Å². The minimum absolute atomic E-state index is 0.918. The molecule has 0 bridgehead atoms. The topological polar surface area (TPSA) is 6.48 Å². The van der Waals surface area contributed by atoms with Crippen molar-refractivity contribution >= 4 is 0 Å². The normalized spacial score (nSPS) is 40.9. The van der Waals surface area contributed by atoms with Gasteiger partial charge in [0.2, 0.25) is 0 Å². The van der Waals surface area contributed by atoms with E-state index in [0.717, 1.165) is 12.0 Å². The third-order valence-corrected chi connectivity index (χ3v) is 3.00. The monoisotopic (exact) mass is 154 g/mol. The quantitative estimate of drug-likeness (QED) is 0.513. The molecule has 2 saturated heterocycles. The first kappa shape index (κ1) is 7.56. The van der Waals surface area contributed by atoms with Gasteiger partial charge in [0.05, 0.1) is 6.67 Å². The van der Waals surface area contributed by atoms with E-state index in [1.165, 1.54) is 32.6 Å². The Bertz CT molecular complexity index is 146. The van der Waals surface area contributed by atoms with Gasteiger partial charge < -0.3 is 0 Å². The van der Waals surface area contributed by atoms with E-state index in [2.05, 4.69) is 23.8 Å². The van der Waals surface area contributed by atoms with Crippen LogP contribution in [-0.4, -0.2) is 42.6 Å².